The molecule has 4 atom stereocenters. The van der Waals surface area contributed by atoms with Crippen LogP contribution in [-0.2, 0) is 14.3 Å². The largest absolute Gasteiger partial charge is 0.457 e. The number of rotatable bonds is 6. The third-order valence-electron chi connectivity index (χ3n) is 5.30. The molecular weight excluding hydrogens is 384 g/mol. The molecule has 2 aromatic rings. The fraction of sp³-hybridized carbons (Fsp3) is 0.391. The molecule has 2 saturated heterocycles. The van der Waals surface area contributed by atoms with Gasteiger partial charge in [0, 0.05) is 11.5 Å². The lowest BCUT2D eigenvalue weighted by molar-refractivity contribution is -0.125. The second-order valence-electron chi connectivity index (χ2n) is 7.89. The standard InChI is InChI=1S/C23H26N2O5/c1-14(2)22(26)24-18-12-28-21-19(13-29-20(18)21)25-23(27)15-7-6-10-17(11-15)30-16-8-4-3-5-9-16/h3-11,14,18-21H,12-13H2,1-2H3,(H,24,26)(H,25,27). The summed E-state index contributed by atoms with van der Waals surface area (Å²) < 4.78 is 17.5. The molecule has 2 amide bonds. The number of carbonyl (C=O) groups is 2. The molecular formula is C23H26N2O5. The quantitative estimate of drug-likeness (QED) is 0.764. The number of para-hydroxylation sites is 1. The molecule has 2 aliphatic rings. The number of hydrogen-bond donors (Lipinski definition) is 2. The Morgan fingerprint density at radius 1 is 0.900 bits per heavy atom. The van der Waals surface area contributed by atoms with Crippen LogP contribution in [0.1, 0.15) is 24.2 Å². The Kier molecular flexibility index (Phi) is 6.01. The summed E-state index contributed by atoms with van der Waals surface area (Å²) in [6.07, 6.45) is -0.541. The van der Waals surface area contributed by atoms with Gasteiger partial charge in [-0.3, -0.25) is 9.59 Å². The van der Waals surface area contributed by atoms with Crippen molar-refractivity contribution >= 4 is 11.8 Å². The Hall–Kier alpha value is -2.90. The Morgan fingerprint density at radius 2 is 1.53 bits per heavy atom. The first-order valence-corrected chi connectivity index (χ1v) is 10.2. The predicted octanol–water partition coefficient (Wildman–Crippen LogP) is 2.52. The van der Waals surface area contributed by atoms with Gasteiger partial charge in [-0.2, -0.15) is 0 Å². The van der Waals surface area contributed by atoms with E-state index in [1.807, 2.05) is 44.2 Å². The van der Waals surface area contributed by atoms with E-state index >= 15 is 0 Å². The lowest BCUT2D eigenvalue weighted by atomic mass is 10.0. The van der Waals surface area contributed by atoms with Crippen molar-refractivity contribution in [2.24, 2.45) is 5.92 Å². The van der Waals surface area contributed by atoms with E-state index in [0.717, 1.165) is 0 Å². The minimum absolute atomic E-state index is 0.0319. The molecule has 2 N–H and O–H groups in total. The Morgan fingerprint density at radius 3 is 2.20 bits per heavy atom. The molecule has 0 bridgehead atoms. The molecule has 0 saturated carbocycles. The minimum Gasteiger partial charge on any atom is -0.457 e. The van der Waals surface area contributed by atoms with Crippen LogP contribution >= 0.6 is 0 Å². The van der Waals surface area contributed by atoms with Crippen molar-refractivity contribution in [3.05, 3.63) is 60.2 Å². The molecule has 0 spiro atoms. The van der Waals surface area contributed by atoms with E-state index in [9.17, 15) is 9.59 Å². The molecule has 0 aliphatic carbocycles. The molecule has 4 rings (SSSR count). The van der Waals surface area contributed by atoms with Crippen LogP contribution in [0.3, 0.4) is 0 Å². The monoisotopic (exact) mass is 410 g/mol. The number of fused-ring (bicyclic) bond motifs is 1. The summed E-state index contributed by atoms with van der Waals surface area (Å²) in [5.74, 6) is 0.932. The highest BCUT2D eigenvalue weighted by Crippen LogP contribution is 2.28. The first-order chi connectivity index (χ1) is 14.5. The smallest absolute Gasteiger partial charge is 0.251 e. The van der Waals surface area contributed by atoms with Crippen molar-refractivity contribution in [3.63, 3.8) is 0 Å². The first kappa shape index (κ1) is 20.4. The SMILES string of the molecule is CC(C)C(=O)NC1COC2C(NC(=O)c3cccc(Oc4ccccc4)c3)COC12. The second kappa shape index (κ2) is 8.85. The number of benzene rings is 2. The summed E-state index contributed by atoms with van der Waals surface area (Å²) in [4.78, 5) is 24.8. The fourth-order valence-corrected chi connectivity index (χ4v) is 3.67. The van der Waals surface area contributed by atoms with Gasteiger partial charge < -0.3 is 24.8 Å². The van der Waals surface area contributed by atoms with Crippen LogP contribution < -0.4 is 15.4 Å². The van der Waals surface area contributed by atoms with E-state index in [2.05, 4.69) is 10.6 Å². The molecule has 4 unspecified atom stereocenters. The summed E-state index contributed by atoms with van der Waals surface area (Å²) in [6, 6.07) is 16.0. The Balaban J connectivity index is 1.37. The van der Waals surface area contributed by atoms with Gasteiger partial charge in [0.1, 0.15) is 23.7 Å². The zero-order valence-electron chi connectivity index (χ0n) is 17.0. The highest BCUT2D eigenvalue weighted by atomic mass is 16.6. The molecule has 2 fully saturated rings. The zero-order chi connectivity index (χ0) is 21.1. The van der Waals surface area contributed by atoms with E-state index in [1.54, 1.807) is 24.3 Å². The third-order valence-corrected chi connectivity index (χ3v) is 5.30. The molecule has 30 heavy (non-hydrogen) atoms. The molecule has 7 nitrogen and oxygen atoms in total. The lowest BCUT2D eigenvalue weighted by Crippen LogP contribution is -2.47. The third kappa shape index (κ3) is 4.47. The number of ether oxygens (including phenoxy) is 3. The van der Waals surface area contributed by atoms with Crippen LogP contribution in [0.25, 0.3) is 0 Å². The van der Waals surface area contributed by atoms with Crippen molar-refractivity contribution in [2.75, 3.05) is 13.2 Å². The van der Waals surface area contributed by atoms with Gasteiger partial charge >= 0.3 is 0 Å². The van der Waals surface area contributed by atoms with Crippen LogP contribution in [0.5, 0.6) is 11.5 Å². The number of hydrogen-bond acceptors (Lipinski definition) is 5. The maximum absolute atomic E-state index is 12.8. The highest BCUT2D eigenvalue weighted by Gasteiger charge is 2.48. The van der Waals surface area contributed by atoms with Gasteiger partial charge in [-0.05, 0) is 30.3 Å². The van der Waals surface area contributed by atoms with E-state index in [0.29, 0.717) is 30.3 Å². The number of nitrogens with one attached hydrogen (secondary N) is 2. The maximum atomic E-state index is 12.8. The van der Waals surface area contributed by atoms with Crippen LogP contribution in [-0.4, -0.2) is 49.3 Å². The van der Waals surface area contributed by atoms with Crippen LogP contribution in [0.2, 0.25) is 0 Å². The molecule has 2 heterocycles. The number of carbonyl (C=O) groups excluding carboxylic acids is 2. The lowest BCUT2D eigenvalue weighted by Gasteiger charge is -2.19. The molecule has 0 radical (unpaired) electrons. The Bertz CT molecular complexity index is 901. The first-order valence-electron chi connectivity index (χ1n) is 10.2. The van der Waals surface area contributed by atoms with Crippen LogP contribution in [0.15, 0.2) is 54.6 Å². The second-order valence-corrected chi connectivity index (χ2v) is 7.89. The van der Waals surface area contributed by atoms with Crippen molar-refractivity contribution in [1.82, 2.24) is 10.6 Å². The van der Waals surface area contributed by atoms with Crippen molar-refractivity contribution in [2.45, 2.75) is 38.1 Å². The van der Waals surface area contributed by atoms with Crippen molar-refractivity contribution in [1.29, 1.82) is 0 Å². The predicted molar refractivity (Wildman–Crippen MR) is 110 cm³/mol. The van der Waals surface area contributed by atoms with E-state index < -0.39 is 0 Å². The van der Waals surface area contributed by atoms with Crippen LogP contribution in [0, 0.1) is 5.92 Å². The van der Waals surface area contributed by atoms with E-state index in [4.69, 9.17) is 14.2 Å². The summed E-state index contributed by atoms with van der Waals surface area (Å²) in [5, 5.41) is 5.96. The van der Waals surface area contributed by atoms with Gasteiger partial charge in [0.2, 0.25) is 5.91 Å². The summed E-state index contributed by atoms with van der Waals surface area (Å²) in [7, 11) is 0. The van der Waals surface area contributed by atoms with E-state index in [-0.39, 0.29) is 42.0 Å². The summed E-state index contributed by atoms with van der Waals surface area (Å²) >= 11 is 0. The van der Waals surface area contributed by atoms with Gasteiger partial charge in [-0.25, -0.2) is 0 Å². The van der Waals surface area contributed by atoms with Crippen LogP contribution in [0.4, 0.5) is 0 Å². The minimum atomic E-state index is -0.282. The maximum Gasteiger partial charge on any atom is 0.251 e. The zero-order valence-corrected chi connectivity index (χ0v) is 17.0. The normalized spacial score (nSPS) is 25.0. The van der Waals surface area contributed by atoms with Gasteiger partial charge in [-0.1, -0.05) is 38.1 Å². The Labute approximate surface area is 175 Å². The van der Waals surface area contributed by atoms with Crippen molar-refractivity contribution < 1.29 is 23.8 Å². The van der Waals surface area contributed by atoms with Gasteiger partial charge in [0.25, 0.3) is 5.91 Å². The molecule has 7 heteroatoms. The topological polar surface area (TPSA) is 85.9 Å². The highest BCUT2D eigenvalue weighted by molar-refractivity contribution is 5.94. The molecule has 158 valence electrons. The summed E-state index contributed by atoms with van der Waals surface area (Å²) in [6.45, 7) is 4.41. The average molecular weight is 410 g/mol. The number of amides is 2. The molecule has 2 aliphatic heterocycles. The molecule has 0 aromatic heterocycles. The average Bonchev–Trinajstić information content (AvgIpc) is 3.32. The molecule has 2 aromatic carbocycles. The van der Waals surface area contributed by atoms with Gasteiger partial charge in [0.05, 0.1) is 25.3 Å². The van der Waals surface area contributed by atoms with E-state index in [1.165, 1.54) is 0 Å². The van der Waals surface area contributed by atoms with Crippen molar-refractivity contribution in [3.8, 4) is 11.5 Å². The fourth-order valence-electron chi connectivity index (χ4n) is 3.67. The van der Waals surface area contributed by atoms with Gasteiger partial charge in [0.15, 0.2) is 0 Å². The van der Waals surface area contributed by atoms with Gasteiger partial charge in [-0.15, -0.1) is 0 Å². The summed E-state index contributed by atoms with van der Waals surface area (Å²) in [5.41, 5.74) is 0.495.